The second-order valence-electron chi connectivity index (χ2n) is 8.16. The van der Waals surface area contributed by atoms with Crippen LogP contribution in [0.5, 0.6) is 17.2 Å². The number of anilines is 1. The van der Waals surface area contributed by atoms with Gasteiger partial charge in [0, 0.05) is 15.6 Å². The lowest BCUT2D eigenvalue weighted by atomic mass is 9.88. The van der Waals surface area contributed by atoms with Gasteiger partial charge in [0.1, 0.15) is 5.75 Å². The first-order valence-electron chi connectivity index (χ1n) is 11.1. The van der Waals surface area contributed by atoms with E-state index in [0.29, 0.717) is 45.1 Å². The van der Waals surface area contributed by atoms with Crippen molar-refractivity contribution in [1.82, 2.24) is 0 Å². The third-order valence-corrected chi connectivity index (χ3v) is 6.48. The number of rotatable bonds is 9. The highest BCUT2D eigenvalue weighted by Gasteiger charge is 2.51. The van der Waals surface area contributed by atoms with Gasteiger partial charge in [-0.3, -0.25) is 9.59 Å². The minimum atomic E-state index is -1.99. The number of hydrogen-bond acceptors (Lipinski definition) is 6. The van der Waals surface area contributed by atoms with Crippen LogP contribution in [0.2, 0.25) is 0 Å². The Morgan fingerprint density at radius 2 is 1.71 bits per heavy atom. The highest BCUT2D eigenvalue weighted by molar-refractivity contribution is 9.10. The summed E-state index contributed by atoms with van der Waals surface area (Å²) in [5.41, 5.74) is 0.119. The van der Waals surface area contributed by atoms with E-state index in [4.69, 9.17) is 14.2 Å². The number of methoxy groups -OCH3 is 2. The monoisotopic (exact) mass is 539 g/mol. The van der Waals surface area contributed by atoms with E-state index in [1.807, 2.05) is 13.0 Å². The highest BCUT2D eigenvalue weighted by atomic mass is 79.9. The van der Waals surface area contributed by atoms with E-state index in [-0.39, 0.29) is 18.7 Å². The summed E-state index contributed by atoms with van der Waals surface area (Å²) < 4.78 is 16.8. The molecule has 3 aromatic rings. The van der Waals surface area contributed by atoms with Crippen molar-refractivity contribution in [3.63, 3.8) is 0 Å². The fourth-order valence-electron chi connectivity index (χ4n) is 4.25. The maximum absolute atomic E-state index is 13.6. The molecule has 1 aliphatic rings. The first-order chi connectivity index (χ1) is 16.8. The Balaban J connectivity index is 1.65. The van der Waals surface area contributed by atoms with E-state index in [1.165, 1.54) is 4.90 Å². The first kappa shape index (κ1) is 24.8. The Morgan fingerprint density at radius 1 is 1.00 bits per heavy atom. The van der Waals surface area contributed by atoms with Crippen LogP contribution in [0.25, 0.3) is 0 Å². The average Bonchev–Trinajstić information content (AvgIpc) is 3.05. The molecule has 0 spiro atoms. The predicted molar refractivity (Wildman–Crippen MR) is 135 cm³/mol. The van der Waals surface area contributed by atoms with Crippen molar-refractivity contribution in [3.05, 3.63) is 81.8 Å². The van der Waals surface area contributed by atoms with Gasteiger partial charge in [0.2, 0.25) is 0 Å². The molecule has 1 N–H and O–H groups in total. The summed E-state index contributed by atoms with van der Waals surface area (Å²) in [5, 5.41) is 11.6. The Bertz CT molecular complexity index is 1260. The van der Waals surface area contributed by atoms with Crippen LogP contribution in [0.1, 0.15) is 34.8 Å². The second kappa shape index (κ2) is 10.1. The van der Waals surface area contributed by atoms with Crippen molar-refractivity contribution < 1.29 is 28.9 Å². The van der Waals surface area contributed by atoms with Gasteiger partial charge in [-0.2, -0.15) is 0 Å². The Kier molecular flexibility index (Phi) is 7.14. The molecule has 35 heavy (non-hydrogen) atoms. The maximum atomic E-state index is 13.6. The molecule has 1 heterocycles. The molecule has 182 valence electrons. The van der Waals surface area contributed by atoms with Gasteiger partial charge in [-0.1, -0.05) is 22.0 Å². The molecule has 8 heteroatoms. The lowest BCUT2D eigenvalue weighted by molar-refractivity contribution is -0.136. The van der Waals surface area contributed by atoms with Crippen molar-refractivity contribution in [3.8, 4) is 17.2 Å². The molecule has 7 nitrogen and oxygen atoms in total. The number of amides is 1. The maximum Gasteiger partial charge on any atom is 0.264 e. The SMILES string of the molecule is CCOc1ccc(C(=O)CC2(O)C(=O)N(Cc3ccc(OC)c(OC)c3)c3ccc(Br)cc32)cc1. The number of halogens is 1. The third kappa shape index (κ3) is 4.76. The summed E-state index contributed by atoms with van der Waals surface area (Å²) in [6, 6.07) is 17.3. The zero-order valence-corrected chi connectivity index (χ0v) is 21.3. The smallest absolute Gasteiger partial charge is 0.264 e. The van der Waals surface area contributed by atoms with Gasteiger partial charge in [-0.25, -0.2) is 0 Å². The van der Waals surface area contributed by atoms with E-state index in [2.05, 4.69) is 15.9 Å². The molecule has 3 aromatic carbocycles. The number of ketones is 1. The Labute approximate surface area is 212 Å². The number of ether oxygens (including phenoxy) is 3. The van der Waals surface area contributed by atoms with Crippen LogP contribution in [-0.2, 0) is 16.9 Å². The zero-order valence-electron chi connectivity index (χ0n) is 19.7. The van der Waals surface area contributed by atoms with Crippen LogP contribution in [0.15, 0.2) is 65.1 Å². The standard InChI is InChI=1S/C27H26BrNO6/c1-4-35-20-9-6-18(7-10-20)23(30)15-27(32)21-14-19(28)8-11-22(21)29(26(27)31)16-17-5-12-24(33-2)25(13-17)34-3/h5-14,32H,4,15-16H2,1-3H3. The molecule has 0 aromatic heterocycles. The molecule has 1 amide bonds. The van der Waals surface area contributed by atoms with Crippen molar-refractivity contribution >= 4 is 33.3 Å². The number of carbonyl (C=O) groups is 2. The van der Waals surface area contributed by atoms with Crippen LogP contribution in [-0.4, -0.2) is 37.6 Å². The summed E-state index contributed by atoms with van der Waals surface area (Å²) in [4.78, 5) is 28.2. The van der Waals surface area contributed by atoms with Gasteiger partial charge < -0.3 is 24.2 Å². The summed E-state index contributed by atoms with van der Waals surface area (Å²) in [6.07, 6.45) is -0.383. The van der Waals surface area contributed by atoms with E-state index in [9.17, 15) is 14.7 Å². The summed E-state index contributed by atoms with van der Waals surface area (Å²) >= 11 is 3.42. The number of benzene rings is 3. The lowest BCUT2D eigenvalue weighted by Crippen LogP contribution is -2.41. The zero-order chi connectivity index (χ0) is 25.2. The molecule has 0 fully saturated rings. The number of aliphatic hydroxyl groups is 1. The fourth-order valence-corrected chi connectivity index (χ4v) is 4.61. The number of hydrogen-bond donors (Lipinski definition) is 1. The average molecular weight is 540 g/mol. The van der Waals surface area contributed by atoms with Gasteiger partial charge in [0.05, 0.1) is 39.5 Å². The van der Waals surface area contributed by atoms with E-state index < -0.39 is 11.5 Å². The van der Waals surface area contributed by atoms with Crippen LogP contribution in [0.4, 0.5) is 5.69 Å². The van der Waals surface area contributed by atoms with Crippen LogP contribution < -0.4 is 19.1 Å². The number of Topliss-reactive ketones (excluding diaryl/α,β-unsaturated/α-hetero) is 1. The van der Waals surface area contributed by atoms with Crippen molar-refractivity contribution in [2.45, 2.75) is 25.5 Å². The van der Waals surface area contributed by atoms with Gasteiger partial charge in [0.15, 0.2) is 22.9 Å². The topological polar surface area (TPSA) is 85.3 Å². The lowest BCUT2D eigenvalue weighted by Gasteiger charge is -2.23. The van der Waals surface area contributed by atoms with E-state index in [0.717, 1.165) is 5.56 Å². The molecule has 0 saturated carbocycles. The number of nitrogens with zero attached hydrogens (tertiary/aromatic N) is 1. The largest absolute Gasteiger partial charge is 0.494 e. The molecule has 0 saturated heterocycles. The second-order valence-corrected chi connectivity index (χ2v) is 9.08. The van der Waals surface area contributed by atoms with Crippen LogP contribution >= 0.6 is 15.9 Å². The quantitative estimate of drug-likeness (QED) is 0.390. The van der Waals surface area contributed by atoms with Crippen LogP contribution in [0.3, 0.4) is 0 Å². The summed E-state index contributed by atoms with van der Waals surface area (Å²) in [5.74, 6) is 0.858. The van der Waals surface area contributed by atoms with Crippen molar-refractivity contribution in [2.24, 2.45) is 0 Å². The molecule has 1 atom stereocenters. The molecule has 0 bridgehead atoms. The molecule has 1 unspecified atom stereocenters. The Morgan fingerprint density at radius 3 is 2.37 bits per heavy atom. The van der Waals surface area contributed by atoms with Gasteiger partial charge in [-0.05, 0) is 67.1 Å². The summed E-state index contributed by atoms with van der Waals surface area (Å²) in [6.45, 7) is 2.58. The first-order valence-corrected chi connectivity index (χ1v) is 11.9. The molecular formula is C27H26BrNO6. The van der Waals surface area contributed by atoms with Crippen molar-refractivity contribution in [1.29, 1.82) is 0 Å². The minimum Gasteiger partial charge on any atom is -0.494 e. The normalized spacial score (nSPS) is 16.7. The molecular weight excluding hydrogens is 514 g/mol. The number of carbonyl (C=O) groups excluding carboxylic acids is 2. The van der Waals surface area contributed by atoms with Crippen molar-refractivity contribution in [2.75, 3.05) is 25.7 Å². The third-order valence-electron chi connectivity index (χ3n) is 5.99. The van der Waals surface area contributed by atoms with Crippen LogP contribution in [0, 0.1) is 0 Å². The van der Waals surface area contributed by atoms with Gasteiger partial charge in [-0.15, -0.1) is 0 Å². The predicted octanol–water partition coefficient (Wildman–Crippen LogP) is 4.87. The van der Waals surface area contributed by atoms with Gasteiger partial charge >= 0.3 is 0 Å². The molecule has 1 aliphatic heterocycles. The van der Waals surface area contributed by atoms with E-state index >= 15 is 0 Å². The Hall–Kier alpha value is -3.36. The minimum absolute atomic E-state index is 0.188. The number of fused-ring (bicyclic) bond motifs is 1. The van der Waals surface area contributed by atoms with E-state index in [1.54, 1.807) is 68.8 Å². The molecule has 0 aliphatic carbocycles. The summed E-state index contributed by atoms with van der Waals surface area (Å²) in [7, 11) is 3.10. The highest BCUT2D eigenvalue weighted by Crippen LogP contribution is 2.45. The van der Waals surface area contributed by atoms with Gasteiger partial charge in [0.25, 0.3) is 5.91 Å². The fraction of sp³-hybridized carbons (Fsp3) is 0.259. The molecule has 0 radical (unpaired) electrons. The molecule has 4 rings (SSSR count).